The van der Waals surface area contributed by atoms with Gasteiger partial charge in [-0.1, -0.05) is 6.92 Å². The van der Waals surface area contributed by atoms with Crippen LogP contribution in [0.15, 0.2) is 0 Å². The van der Waals surface area contributed by atoms with Gasteiger partial charge in [0, 0.05) is 18.6 Å². The Balaban J connectivity index is 2.01. The van der Waals surface area contributed by atoms with Gasteiger partial charge in [-0.05, 0) is 51.0 Å². The summed E-state index contributed by atoms with van der Waals surface area (Å²) in [6.07, 6.45) is 5.90. The van der Waals surface area contributed by atoms with Crippen LogP contribution in [0.4, 0.5) is 0 Å². The first-order valence-electron chi connectivity index (χ1n) is 7.00. The Morgan fingerprint density at radius 2 is 2.11 bits per heavy atom. The van der Waals surface area contributed by atoms with E-state index in [0.717, 1.165) is 38.5 Å². The van der Waals surface area contributed by atoms with Crippen LogP contribution < -0.4 is 10.5 Å². The summed E-state index contributed by atoms with van der Waals surface area (Å²) in [5, 5.41) is 0. The van der Waals surface area contributed by atoms with E-state index in [1.165, 1.54) is 0 Å². The van der Waals surface area contributed by atoms with Crippen molar-refractivity contribution < 1.29 is 8.42 Å². The normalized spacial score (nSPS) is 28.9. The van der Waals surface area contributed by atoms with Gasteiger partial charge in [0.1, 0.15) is 0 Å². The lowest BCUT2D eigenvalue weighted by Gasteiger charge is -2.43. The van der Waals surface area contributed by atoms with Gasteiger partial charge in [0.2, 0.25) is 0 Å². The third-order valence-electron chi connectivity index (χ3n) is 4.49. The molecule has 2 rings (SSSR count). The first kappa shape index (κ1) is 14.2. The number of piperidine rings is 1. The predicted octanol–water partition coefficient (Wildman–Crippen LogP) is 0.824. The molecular formula is C12H25N3O2S. The van der Waals surface area contributed by atoms with Crippen LogP contribution in [0.3, 0.4) is 0 Å². The van der Waals surface area contributed by atoms with Crippen molar-refractivity contribution in [3.8, 4) is 0 Å². The molecular weight excluding hydrogens is 250 g/mol. The van der Waals surface area contributed by atoms with Crippen LogP contribution in [-0.2, 0) is 10.2 Å². The fourth-order valence-corrected chi connectivity index (χ4v) is 4.71. The molecule has 0 aromatic rings. The van der Waals surface area contributed by atoms with Crippen LogP contribution in [0.2, 0.25) is 0 Å². The maximum atomic E-state index is 12.4. The molecule has 1 unspecified atom stereocenters. The smallest absolute Gasteiger partial charge is 0.279 e. The second kappa shape index (κ2) is 5.45. The zero-order chi connectivity index (χ0) is 13.2. The largest absolute Gasteiger partial charge is 0.330 e. The molecule has 1 saturated heterocycles. The Hall–Kier alpha value is -0.170. The summed E-state index contributed by atoms with van der Waals surface area (Å²) in [5.41, 5.74) is 5.49. The number of nitrogens with one attached hydrogen (secondary N) is 1. The van der Waals surface area contributed by atoms with Gasteiger partial charge >= 0.3 is 0 Å². The molecule has 0 radical (unpaired) electrons. The summed E-state index contributed by atoms with van der Waals surface area (Å²) in [4.78, 5) is 0. The number of rotatable bonds is 5. The van der Waals surface area contributed by atoms with Crippen molar-refractivity contribution in [2.45, 2.75) is 51.0 Å². The van der Waals surface area contributed by atoms with E-state index in [1.807, 2.05) is 0 Å². The second-order valence-corrected chi connectivity index (χ2v) is 7.37. The molecule has 3 N–H and O–H groups in total. The molecule has 0 bridgehead atoms. The van der Waals surface area contributed by atoms with Gasteiger partial charge in [-0.25, -0.2) is 0 Å². The molecule has 0 aromatic heterocycles. The summed E-state index contributed by atoms with van der Waals surface area (Å²) < 4.78 is 29.3. The molecule has 0 aromatic carbocycles. The van der Waals surface area contributed by atoms with Gasteiger partial charge in [0.05, 0.1) is 0 Å². The highest BCUT2D eigenvalue weighted by Gasteiger charge is 2.41. The highest BCUT2D eigenvalue weighted by Crippen LogP contribution is 2.35. The van der Waals surface area contributed by atoms with Crippen LogP contribution in [0, 0.1) is 5.92 Å². The SMILES string of the molecule is CCC1(NS(=O)(=O)N2CCCC(CN)C2)CCC1. The maximum absolute atomic E-state index is 12.4. The molecule has 6 heteroatoms. The first-order valence-corrected chi connectivity index (χ1v) is 8.44. The monoisotopic (exact) mass is 275 g/mol. The lowest BCUT2D eigenvalue weighted by molar-refractivity contribution is 0.201. The molecule has 1 aliphatic heterocycles. The topological polar surface area (TPSA) is 75.4 Å². The number of hydrogen-bond acceptors (Lipinski definition) is 3. The minimum absolute atomic E-state index is 0.172. The van der Waals surface area contributed by atoms with Crippen LogP contribution >= 0.6 is 0 Å². The van der Waals surface area contributed by atoms with E-state index in [0.29, 0.717) is 25.6 Å². The molecule has 1 heterocycles. The van der Waals surface area contributed by atoms with Gasteiger partial charge in [-0.2, -0.15) is 17.4 Å². The van der Waals surface area contributed by atoms with E-state index in [4.69, 9.17) is 5.73 Å². The fraction of sp³-hybridized carbons (Fsp3) is 1.00. The van der Waals surface area contributed by atoms with Crippen molar-refractivity contribution in [1.82, 2.24) is 9.03 Å². The van der Waals surface area contributed by atoms with Crippen molar-refractivity contribution >= 4 is 10.2 Å². The predicted molar refractivity (Wildman–Crippen MR) is 72.3 cm³/mol. The first-order chi connectivity index (χ1) is 8.51. The average Bonchev–Trinajstić information content (AvgIpc) is 2.34. The average molecular weight is 275 g/mol. The minimum Gasteiger partial charge on any atom is -0.330 e. The van der Waals surface area contributed by atoms with Crippen LogP contribution in [0.5, 0.6) is 0 Å². The fourth-order valence-electron chi connectivity index (χ4n) is 2.91. The van der Waals surface area contributed by atoms with Gasteiger partial charge in [0.25, 0.3) is 10.2 Å². The second-order valence-electron chi connectivity index (χ2n) is 5.70. The lowest BCUT2D eigenvalue weighted by atomic mass is 9.76. The molecule has 106 valence electrons. The zero-order valence-electron chi connectivity index (χ0n) is 11.2. The molecule has 5 nitrogen and oxygen atoms in total. The Bertz CT molecular complexity index is 373. The van der Waals surface area contributed by atoms with E-state index in [9.17, 15) is 8.42 Å². The van der Waals surface area contributed by atoms with E-state index >= 15 is 0 Å². The molecule has 1 aliphatic carbocycles. The highest BCUT2D eigenvalue weighted by molar-refractivity contribution is 7.87. The van der Waals surface area contributed by atoms with Crippen molar-refractivity contribution in [2.24, 2.45) is 11.7 Å². The molecule has 2 fully saturated rings. The number of nitrogens with zero attached hydrogens (tertiary/aromatic N) is 1. The van der Waals surface area contributed by atoms with Crippen LogP contribution in [0.1, 0.15) is 45.4 Å². The third-order valence-corrected chi connectivity index (χ3v) is 6.19. The van der Waals surface area contributed by atoms with Crippen molar-refractivity contribution in [2.75, 3.05) is 19.6 Å². The zero-order valence-corrected chi connectivity index (χ0v) is 12.0. The van der Waals surface area contributed by atoms with E-state index < -0.39 is 10.2 Å². The Morgan fingerprint density at radius 1 is 1.39 bits per heavy atom. The van der Waals surface area contributed by atoms with Gasteiger partial charge in [-0.3, -0.25) is 0 Å². The molecule has 1 atom stereocenters. The molecule has 1 saturated carbocycles. The van der Waals surface area contributed by atoms with Crippen molar-refractivity contribution in [1.29, 1.82) is 0 Å². The quantitative estimate of drug-likeness (QED) is 0.780. The van der Waals surface area contributed by atoms with Gasteiger partial charge in [0.15, 0.2) is 0 Å². The van der Waals surface area contributed by atoms with Crippen molar-refractivity contribution in [3.63, 3.8) is 0 Å². The van der Waals surface area contributed by atoms with Crippen LogP contribution in [-0.4, -0.2) is 37.9 Å². The Morgan fingerprint density at radius 3 is 2.61 bits per heavy atom. The van der Waals surface area contributed by atoms with E-state index in [2.05, 4.69) is 11.6 Å². The van der Waals surface area contributed by atoms with E-state index in [-0.39, 0.29) is 5.54 Å². The molecule has 2 aliphatic rings. The maximum Gasteiger partial charge on any atom is 0.279 e. The molecule has 18 heavy (non-hydrogen) atoms. The van der Waals surface area contributed by atoms with Crippen molar-refractivity contribution in [3.05, 3.63) is 0 Å². The highest BCUT2D eigenvalue weighted by atomic mass is 32.2. The number of hydrogen-bond donors (Lipinski definition) is 2. The summed E-state index contributed by atoms with van der Waals surface area (Å²) >= 11 is 0. The molecule has 0 spiro atoms. The third kappa shape index (κ3) is 2.87. The summed E-state index contributed by atoms with van der Waals surface area (Å²) in [6.45, 7) is 3.84. The summed E-state index contributed by atoms with van der Waals surface area (Å²) in [5.74, 6) is 0.314. The van der Waals surface area contributed by atoms with Gasteiger partial charge < -0.3 is 5.73 Å². The summed E-state index contributed by atoms with van der Waals surface area (Å²) in [6, 6.07) is 0. The summed E-state index contributed by atoms with van der Waals surface area (Å²) in [7, 11) is -3.33. The van der Waals surface area contributed by atoms with E-state index in [1.54, 1.807) is 4.31 Å². The van der Waals surface area contributed by atoms with Crippen LogP contribution in [0.25, 0.3) is 0 Å². The Kier molecular flexibility index (Phi) is 4.31. The standard InChI is InChI=1S/C12H25N3O2S/c1-2-12(6-4-7-12)14-18(16,17)15-8-3-5-11(9-13)10-15/h11,14H,2-10,13H2,1H3. The molecule has 0 amide bonds. The Labute approximate surface area is 110 Å². The minimum atomic E-state index is -3.33. The van der Waals surface area contributed by atoms with Gasteiger partial charge in [-0.15, -0.1) is 0 Å². The number of nitrogens with two attached hydrogens (primary N) is 1. The lowest BCUT2D eigenvalue weighted by Crippen LogP contribution is -2.58.